The molecule has 20 heavy (non-hydrogen) atoms. The van der Waals surface area contributed by atoms with E-state index in [2.05, 4.69) is 50.5 Å². The van der Waals surface area contributed by atoms with E-state index in [9.17, 15) is 5.11 Å². The van der Waals surface area contributed by atoms with Gasteiger partial charge in [0.25, 0.3) is 0 Å². The molecule has 2 rings (SSSR count). The van der Waals surface area contributed by atoms with E-state index in [4.69, 9.17) is 0 Å². The number of aliphatic hydroxyl groups excluding tert-OH is 1. The molecule has 1 atom stereocenters. The van der Waals surface area contributed by atoms with E-state index in [1.54, 1.807) is 0 Å². The first-order valence-corrected chi connectivity index (χ1v) is 7.64. The van der Waals surface area contributed by atoms with Crippen molar-refractivity contribution in [1.29, 1.82) is 0 Å². The summed E-state index contributed by atoms with van der Waals surface area (Å²) in [5.74, 6) is 0. The summed E-state index contributed by atoms with van der Waals surface area (Å²) >= 11 is 3.47. The summed E-state index contributed by atoms with van der Waals surface area (Å²) in [6, 6.07) is 7.88. The molecule has 1 N–H and O–H groups in total. The zero-order valence-corrected chi connectivity index (χ0v) is 14.3. The van der Waals surface area contributed by atoms with Gasteiger partial charge in [0.1, 0.15) is 6.10 Å². The molecule has 0 saturated carbocycles. The third-order valence-electron chi connectivity index (χ3n) is 4.50. The van der Waals surface area contributed by atoms with Crippen LogP contribution < -0.4 is 0 Å². The Morgan fingerprint density at radius 2 is 1.35 bits per heavy atom. The maximum Gasteiger partial charge on any atom is 0.105 e. The molecule has 0 aliphatic rings. The Morgan fingerprint density at radius 1 is 0.850 bits per heavy atom. The molecule has 0 radical (unpaired) electrons. The highest BCUT2D eigenvalue weighted by molar-refractivity contribution is 9.10. The topological polar surface area (TPSA) is 20.2 Å². The molecule has 0 fully saturated rings. The second-order valence-corrected chi connectivity index (χ2v) is 6.41. The third-order valence-corrected chi connectivity index (χ3v) is 4.99. The maximum atomic E-state index is 10.8. The summed E-state index contributed by atoms with van der Waals surface area (Å²) in [5.41, 5.74) is 8.23. The molecule has 106 valence electrons. The van der Waals surface area contributed by atoms with Crippen molar-refractivity contribution in [2.45, 2.75) is 40.7 Å². The molecule has 0 aliphatic carbocycles. The van der Waals surface area contributed by atoms with Crippen molar-refractivity contribution < 1.29 is 5.11 Å². The van der Waals surface area contributed by atoms with Crippen LogP contribution in [0.1, 0.15) is 45.0 Å². The molecule has 0 aliphatic heterocycles. The Balaban J connectivity index is 2.64. The first-order chi connectivity index (χ1) is 9.34. The van der Waals surface area contributed by atoms with Crippen molar-refractivity contribution in [2.24, 2.45) is 0 Å². The lowest BCUT2D eigenvalue weighted by Gasteiger charge is -2.23. The normalized spacial score (nSPS) is 12.6. The van der Waals surface area contributed by atoms with Crippen LogP contribution in [0.2, 0.25) is 0 Å². The number of benzene rings is 2. The predicted octanol–water partition coefficient (Wildman–Crippen LogP) is 5.07. The number of halogens is 1. The van der Waals surface area contributed by atoms with Gasteiger partial charge in [0.05, 0.1) is 0 Å². The van der Waals surface area contributed by atoms with Crippen LogP contribution in [0.3, 0.4) is 0 Å². The van der Waals surface area contributed by atoms with Crippen LogP contribution in [0.4, 0.5) is 0 Å². The minimum atomic E-state index is -0.578. The van der Waals surface area contributed by atoms with Gasteiger partial charge in [-0.15, -0.1) is 0 Å². The number of rotatable bonds is 2. The van der Waals surface area contributed by atoms with Gasteiger partial charge in [-0.2, -0.15) is 0 Å². The van der Waals surface area contributed by atoms with E-state index >= 15 is 0 Å². The number of aliphatic hydroxyl groups is 1. The first-order valence-electron chi connectivity index (χ1n) is 6.85. The molecule has 2 heteroatoms. The molecule has 1 nitrogen and oxygen atoms in total. The molecule has 0 spiro atoms. The van der Waals surface area contributed by atoms with Crippen molar-refractivity contribution in [3.05, 3.63) is 67.7 Å². The van der Waals surface area contributed by atoms with Gasteiger partial charge >= 0.3 is 0 Å². The van der Waals surface area contributed by atoms with Gasteiger partial charge in [0.15, 0.2) is 0 Å². The lowest BCUT2D eigenvalue weighted by Crippen LogP contribution is -2.09. The molecule has 0 bridgehead atoms. The molecule has 0 heterocycles. The zero-order valence-electron chi connectivity index (χ0n) is 12.7. The lowest BCUT2D eigenvalue weighted by atomic mass is 9.85. The lowest BCUT2D eigenvalue weighted by molar-refractivity contribution is 0.218. The fourth-order valence-corrected chi connectivity index (χ4v) is 3.20. The second kappa shape index (κ2) is 5.71. The van der Waals surface area contributed by atoms with Crippen molar-refractivity contribution in [2.75, 3.05) is 0 Å². The molecule has 2 aromatic carbocycles. The van der Waals surface area contributed by atoms with Crippen LogP contribution in [-0.2, 0) is 0 Å². The monoisotopic (exact) mass is 332 g/mol. The Hall–Kier alpha value is -1.12. The molecular weight excluding hydrogens is 312 g/mol. The molecule has 0 amide bonds. The average molecular weight is 333 g/mol. The van der Waals surface area contributed by atoms with Gasteiger partial charge in [-0.1, -0.05) is 28.1 Å². The van der Waals surface area contributed by atoms with Gasteiger partial charge in [-0.3, -0.25) is 0 Å². The molecule has 1 unspecified atom stereocenters. The third kappa shape index (κ3) is 2.55. The fraction of sp³-hybridized carbons (Fsp3) is 0.333. The van der Waals surface area contributed by atoms with Gasteiger partial charge in [-0.05, 0) is 85.7 Å². The largest absolute Gasteiger partial charge is 0.384 e. The van der Waals surface area contributed by atoms with Crippen molar-refractivity contribution in [3.63, 3.8) is 0 Å². The maximum absolute atomic E-state index is 10.8. The van der Waals surface area contributed by atoms with E-state index in [1.165, 1.54) is 27.8 Å². The quantitative estimate of drug-likeness (QED) is 0.813. The summed E-state index contributed by atoms with van der Waals surface area (Å²) in [5, 5.41) is 10.8. The van der Waals surface area contributed by atoms with E-state index in [-0.39, 0.29) is 0 Å². The van der Waals surface area contributed by atoms with E-state index in [0.29, 0.717) is 0 Å². The summed E-state index contributed by atoms with van der Waals surface area (Å²) in [6.45, 7) is 10.6. The van der Waals surface area contributed by atoms with Gasteiger partial charge in [0.2, 0.25) is 0 Å². The predicted molar refractivity (Wildman–Crippen MR) is 88.3 cm³/mol. The van der Waals surface area contributed by atoms with Gasteiger partial charge in [0, 0.05) is 4.47 Å². The standard InChI is InChI=1S/C18H21BrO/c1-10-11(2)13(4)17(14(5)12(10)3)18(20)15-7-6-8-16(19)9-15/h6-9,18,20H,1-5H3. The van der Waals surface area contributed by atoms with Crippen molar-refractivity contribution >= 4 is 15.9 Å². The van der Waals surface area contributed by atoms with Crippen LogP contribution in [0.25, 0.3) is 0 Å². The first kappa shape index (κ1) is 15.3. The highest BCUT2D eigenvalue weighted by Crippen LogP contribution is 2.34. The molecule has 2 aromatic rings. The zero-order chi connectivity index (χ0) is 15.0. The van der Waals surface area contributed by atoms with Crippen LogP contribution in [0, 0.1) is 34.6 Å². The Kier molecular flexibility index (Phi) is 4.36. The fourth-order valence-electron chi connectivity index (χ4n) is 2.78. The summed E-state index contributed by atoms with van der Waals surface area (Å²) in [7, 11) is 0. The van der Waals surface area contributed by atoms with Crippen LogP contribution in [0.15, 0.2) is 28.7 Å². The summed E-state index contributed by atoms with van der Waals surface area (Å²) < 4.78 is 0.991. The molecule has 0 saturated heterocycles. The van der Waals surface area contributed by atoms with Crippen molar-refractivity contribution in [3.8, 4) is 0 Å². The minimum Gasteiger partial charge on any atom is -0.384 e. The minimum absolute atomic E-state index is 0.578. The highest BCUT2D eigenvalue weighted by Gasteiger charge is 2.20. The SMILES string of the molecule is Cc1c(C)c(C)c(C(O)c2cccc(Br)c2)c(C)c1C. The number of hydrogen-bond donors (Lipinski definition) is 1. The molecule has 0 aromatic heterocycles. The summed E-state index contributed by atoms with van der Waals surface area (Å²) in [6.07, 6.45) is -0.578. The molecular formula is C18H21BrO. The van der Waals surface area contributed by atoms with E-state index in [1.807, 2.05) is 24.3 Å². The number of hydrogen-bond acceptors (Lipinski definition) is 1. The Labute approximate surface area is 129 Å². The smallest absolute Gasteiger partial charge is 0.105 e. The Bertz CT molecular complexity index is 630. The van der Waals surface area contributed by atoms with Gasteiger partial charge in [-0.25, -0.2) is 0 Å². The van der Waals surface area contributed by atoms with E-state index < -0.39 is 6.10 Å². The summed E-state index contributed by atoms with van der Waals surface area (Å²) in [4.78, 5) is 0. The van der Waals surface area contributed by atoms with Crippen LogP contribution in [0.5, 0.6) is 0 Å². The average Bonchev–Trinajstić information content (AvgIpc) is 2.43. The van der Waals surface area contributed by atoms with E-state index in [0.717, 1.165) is 15.6 Å². The van der Waals surface area contributed by atoms with Crippen LogP contribution in [-0.4, -0.2) is 5.11 Å². The second-order valence-electron chi connectivity index (χ2n) is 5.50. The van der Waals surface area contributed by atoms with Crippen LogP contribution >= 0.6 is 15.9 Å². The van der Waals surface area contributed by atoms with Gasteiger partial charge < -0.3 is 5.11 Å². The highest BCUT2D eigenvalue weighted by atomic mass is 79.9. The Morgan fingerprint density at radius 3 is 1.85 bits per heavy atom. The van der Waals surface area contributed by atoms with Crippen molar-refractivity contribution in [1.82, 2.24) is 0 Å².